The molecule has 122 valence electrons. The Bertz CT molecular complexity index is 596. The molecule has 23 heavy (non-hydrogen) atoms. The lowest BCUT2D eigenvalue weighted by Crippen LogP contribution is -2.39. The summed E-state index contributed by atoms with van der Waals surface area (Å²) in [5.41, 5.74) is 2.21. The van der Waals surface area contributed by atoms with E-state index < -0.39 is 0 Å². The number of methoxy groups -OCH3 is 1. The second-order valence-electron chi connectivity index (χ2n) is 5.58. The van der Waals surface area contributed by atoms with E-state index >= 15 is 0 Å². The zero-order chi connectivity index (χ0) is 16.5. The molecule has 0 bridgehead atoms. The molecule has 4 heteroatoms. The van der Waals surface area contributed by atoms with Gasteiger partial charge in [-0.1, -0.05) is 42.5 Å². The number of carbonyl (C=O) groups is 1. The van der Waals surface area contributed by atoms with Crippen molar-refractivity contribution in [2.45, 2.75) is 25.3 Å². The first-order chi connectivity index (χ1) is 11.2. The second-order valence-corrected chi connectivity index (χ2v) is 5.58. The zero-order valence-electron chi connectivity index (χ0n) is 13.4. The van der Waals surface area contributed by atoms with E-state index in [1.54, 1.807) is 19.2 Å². The number of nitrogens with one attached hydrogen (secondary N) is 1. The maximum absolute atomic E-state index is 12.1. The van der Waals surface area contributed by atoms with E-state index in [9.17, 15) is 9.90 Å². The fourth-order valence-electron chi connectivity index (χ4n) is 2.47. The minimum absolute atomic E-state index is 0.0102. The van der Waals surface area contributed by atoms with Gasteiger partial charge in [0.05, 0.1) is 12.6 Å². The molecule has 1 atom stereocenters. The van der Waals surface area contributed by atoms with Crippen molar-refractivity contribution in [1.82, 2.24) is 5.32 Å². The van der Waals surface area contributed by atoms with Crippen molar-refractivity contribution >= 4 is 5.91 Å². The normalized spacial score (nSPS) is 11.9. The highest BCUT2D eigenvalue weighted by molar-refractivity contribution is 5.76. The summed E-state index contributed by atoms with van der Waals surface area (Å²) in [5.74, 6) is 0.247. The first kappa shape index (κ1) is 17.0. The van der Waals surface area contributed by atoms with Gasteiger partial charge in [0.25, 0.3) is 0 Å². The average molecular weight is 313 g/mol. The molecular weight excluding hydrogens is 290 g/mol. The summed E-state index contributed by atoms with van der Waals surface area (Å²) >= 11 is 0. The van der Waals surface area contributed by atoms with E-state index in [0.29, 0.717) is 19.4 Å². The number of hydrogen-bond donors (Lipinski definition) is 2. The Hall–Kier alpha value is -2.33. The molecule has 4 nitrogen and oxygen atoms in total. The van der Waals surface area contributed by atoms with Gasteiger partial charge >= 0.3 is 0 Å². The third-order valence-electron chi connectivity index (χ3n) is 3.63. The zero-order valence-corrected chi connectivity index (χ0v) is 13.4. The van der Waals surface area contributed by atoms with E-state index in [2.05, 4.69) is 5.32 Å². The largest absolute Gasteiger partial charge is 0.508 e. The van der Waals surface area contributed by atoms with E-state index in [1.807, 2.05) is 42.5 Å². The standard InChI is InChI=1S/C19H23NO3/c1-23-14-17(13-16-5-3-2-4-6-16)20-19(22)12-9-15-7-10-18(21)11-8-15/h2-8,10-11,17,21H,9,12-14H2,1H3,(H,20,22). The van der Waals surface area contributed by atoms with Crippen molar-refractivity contribution < 1.29 is 14.6 Å². The summed E-state index contributed by atoms with van der Waals surface area (Å²) in [6.45, 7) is 0.486. The Labute approximate surface area is 137 Å². The van der Waals surface area contributed by atoms with Gasteiger partial charge in [0.15, 0.2) is 0 Å². The fourth-order valence-corrected chi connectivity index (χ4v) is 2.47. The monoisotopic (exact) mass is 313 g/mol. The predicted octanol–water partition coefficient (Wildman–Crippen LogP) is 2.70. The van der Waals surface area contributed by atoms with Gasteiger partial charge < -0.3 is 15.2 Å². The molecule has 0 aromatic heterocycles. The molecule has 0 heterocycles. The summed E-state index contributed by atoms with van der Waals surface area (Å²) in [6, 6.07) is 17.0. The highest BCUT2D eigenvalue weighted by atomic mass is 16.5. The summed E-state index contributed by atoms with van der Waals surface area (Å²) in [7, 11) is 1.64. The van der Waals surface area contributed by atoms with Gasteiger partial charge in [-0.3, -0.25) is 4.79 Å². The van der Waals surface area contributed by atoms with E-state index in [0.717, 1.165) is 12.0 Å². The lowest BCUT2D eigenvalue weighted by atomic mass is 10.1. The van der Waals surface area contributed by atoms with Gasteiger partial charge in [0.2, 0.25) is 5.91 Å². The van der Waals surface area contributed by atoms with Gasteiger partial charge in [-0.05, 0) is 36.1 Å². The van der Waals surface area contributed by atoms with Crippen LogP contribution in [0.25, 0.3) is 0 Å². The van der Waals surface area contributed by atoms with Crippen LogP contribution < -0.4 is 5.32 Å². The number of ether oxygens (including phenoxy) is 1. The number of amides is 1. The van der Waals surface area contributed by atoms with Crippen molar-refractivity contribution in [2.24, 2.45) is 0 Å². The fraction of sp³-hybridized carbons (Fsp3) is 0.316. The molecule has 2 N–H and O–H groups in total. The lowest BCUT2D eigenvalue weighted by Gasteiger charge is -2.18. The topological polar surface area (TPSA) is 58.6 Å². The smallest absolute Gasteiger partial charge is 0.220 e. The molecule has 0 aliphatic carbocycles. The second kappa shape index (κ2) is 8.96. The average Bonchev–Trinajstić information content (AvgIpc) is 2.55. The lowest BCUT2D eigenvalue weighted by molar-refractivity contribution is -0.122. The number of phenolic OH excluding ortho intramolecular Hbond substituents is 1. The van der Waals surface area contributed by atoms with Crippen LogP contribution in [0, 0.1) is 0 Å². The molecule has 0 aliphatic heterocycles. The molecule has 1 unspecified atom stereocenters. The van der Waals surface area contributed by atoms with Crippen LogP contribution in [0.3, 0.4) is 0 Å². The Balaban J connectivity index is 1.83. The number of aromatic hydroxyl groups is 1. The number of hydrogen-bond acceptors (Lipinski definition) is 3. The summed E-state index contributed by atoms with van der Waals surface area (Å²) in [5, 5.41) is 12.3. The molecule has 2 rings (SSSR count). The van der Waals surface area contributed by atoms with Crippen LogP contribution >= 0.6 is 0 Å². The number of carbonyl (C=O) groups excluding carboxylic acids is 1. The molecule has 0 radical (unpaired) electrons. The third-order valence-corrected chi connectivity index (χ3v) is 3.63. The van der Waals surface area contributed by atoms with E-state index in [-0.39, 0.29) is 17.7 Å². The summed E-state index contributed by atoms with van der Waals surface area (Å²) in [6.07, 6.45) is 1.82. The summed E-state index contributed by atoms with van der Waals surface area (Å²) < 4.78 is 5.21. The van der Waals surface area contributed by atoms with Gasteiger partial charge in [0, 0.05) is 13.5 Å². The first-order valence-corrected chi connectivity index (χ1v) is 7.77. The van der Waals surface area contributed by atoms with Crippen LogP contribution in [0.2, 0.25) is 0 Å². The molecular formula is C19H23NO3. The maximum Gasteiger partial charge on any atom is 0.220 e. The number of benzene rings is 2. The molecule has 0 saturated heterocycles. The molecule has 0 spiro atoms. The van der Waals surface area contributed by atoms with E-state index in [4.69, 9.17) is 4.74 Å². The van der Waals surface area contributed by atoms with Gasteiger partial charge in [-0.2, -0.15) is 0 Å². The van der Waals surface area contributed by atoms with Gasteiger partial charge in [-0.15, -0.1) is 0 Å². The van der Waals surface area contributed by atoms with Crippen molar-refractivity contribution in [2.75, 3.05) is 13.7 Å². The highest BCUT2D eigenvalue weighted by Crippen LogP contribution is 2.11. The van der Waals surface area contributed by atoms with Crippen LogP contribution in [0.15, 0.2) is 54.6 Å². The van der Waals surface area contributed by atoms with Crippen molar-refractivity contribution in [3.8, 4) is 5.75 Å². The molecule has 2 aromatic carbocycles. The highest BCUT2D eigenvalue weighted by Gasteiger charge is 2.13. The predicted molar refractivity (Wildman–Crippen MR) is 90.4 cm³/mol. The molecule has 1 amide bonds. The SMILES string of the molecule is COCC(Cc1ccccc1)NC(=O)CCc1ccc(O)cc1. The Morgan fingerprint density at radius 2 is 1.78 bits per heavy atom. The molecule has 0 saturated carbocycles. The van der Waals surface area contributed by atoms with Crippen LogP contribution in [0.4, 0.5) is 0 Å². The number of rotatable bonds is 8. The summed E-state index contributed by atoms with van der Waals surface area (Å²) in [4.78, 5) is 12.1. The molecule has 2 aromatic rings. The van der Waals surface area contributed by atoms with Gasteiger partial charge in [0.1, 0.15) is 5.75 Å². The van der Waals surface area contributed by atoms with Crippen LogP contribution in [-0.2, 0) is 22.4 Å². The van der Waals surface area contributed by atoms with Crippen molar-refractivity contribution in [3.63, 3.8) is 0 Å². The van der Waals surface area contributed by atoms with Crippen LogP contribution in [0.1, 0.15) is 17.5 Å². The minimum Gasteiger partial charge on any atom is -0.508 e. The van der Waals surface area contributed by atoms with Crippen LogP contribution in [-0.4, -0.2) is 30.8 Å². The Morgan fingerprint density at radius 3 is 2.43 bits per heavy atom. The van der Waals surface area contributed by atoms with Crippen molar-refractivity contribution in [3.05, 3.63) is 65.7 Å². The first-order valence-electron chi connectivity index (χ1n) is 7.77. The van der Waals surface area contributed by atoms with Crippen LogP contribution in [0.5, 0.6) is 5.75 Å². The molecule has 0 fully saturated rings. The number of aryl methyl sites for hydroxylation is 1. The number of phenols is 1. The van der Waals surface area contributed by atoms with Crippen molar-refractivity contribution in [1.29, 1.82) is 0 Å². The minimum atomic E-state index is -0.0327. The van der Waals surface area contributed by atoms with E-state index in [1.165, 1.54) is 5.56 Å². The maximum atomic E-state index is 12.1. The third kappa shape index (κ3) is 6.12. The quantitative estimate of drug-likeness (QED) is 0.788. The Kier molecular flexibility index (Phi) is 6.63. The Morgan fingerprint density at radius 1 is 1.09 bits per heavy atom. The molecule has 0 aliphatic rings. The van der Waals surface area contributed by atoms with Gasteiger partial charge in [-0.25, -0.2) is 0 Å².